The van der Waals surface area contributed by atoms with Gasteiger partial charge < -0.3 is 4.90 Å². The first-order valence-corrected chi connectivity index (χ1v) is 9.54. The summed E-state index contributed by atoms with van der Waals surface area (Å²) in [7, 11) is -0.583. The molecule has 1 saturated heterocycles. The minimum absolute atomic E-state index is 0.583. The Morgan fingerprint density at radius 1 is 0.833 bits per heavy atom. The number of hydrogen-bond acceptors (Lipinski definition) is 2. The summed E-state index contributed by atoms with van der Waals surface area (Å²) in [5, 5.41) is 0. The van der Waals surface area contributed by atoms with Gasteiger partial charge in [0.1, 0.15) is 0 Å². The highest BCUT2D eigenvalue weighted by Gasteiger charge is 2.09. The standard InChI is InChI=1S/C15H31NOS/c1-18(17)15-11-7-5-3-2-4-6-8-12-16-13-9-10-14-16/h2-15H2,1H3. The first kappa shape index (κ1) is 16.2. The molecule has 1 aliphatic rings. The summed E-state index contributed by atoms with van der Waals surface area (Å²) in [6.45, 7) is 4.03. The average molecular weight is 273 g/mol. The lowest BCUT2D eigenvalue weighted by molar-refractivity contribution is 0.327. The lowest BCUT2D eigenvalue weighted by Gasteiger charge is -2.13. The molecule has 1 rings (SSSR count). The molecular formula is C15H31NOS. The Morgan fingerprint density at radius 3 is 1.89 bits per heavy atom. The molecular weight excluding hydrogens is 242 g/mol. The van der Waals surface area contributed by atoms with Gasteiger partial charge in [0, 0.05) is 22.8 Å². The highest BCUT2D eigenvalue weighted by molar-refractivity contribution is 7.84. The Kier molecular flexibility index (Phi) is 9.86. The summed E-state index contributed by atoms with van der Waals surface area (Å²) >= 11 is 0. The molecule has 0 aromatic heterocycles. The van der Waals surface area contributed by atoms with Crippen molar-refractivity contribution < 1.29 is 4.21 Å². The molecule has 0 aromatic rings. The molecule has 2 nitrogen and oxygen atoms in total. The van der Waals surface area contributed by atoms with Crippen molar-refractivity contribution >= 4 is 10.8 Å². The summed E-state index contributed by atoms with van der Waals surface area (Å²) in [6.07, 6.45) is 15.4. The molecule has 1 heterocycles. The Morgan fingerprint density at radius 2 is 1.33 bits per heavy atom. The van der Waals surface area contributed by atoms with Gasteiger partial charge in [-0.1, -0.05) is 38.5 Å². The van der Waals surface area contributed by atoms with E-state index in [1.165, 1.54) is 77.4 Å². The van der Waals surface area contributed by atoms with Crippen molar-refractivity contribution in [2.24, 2.45) is 0 Å². The summed E-state index contributed by atoms with van der Waals surface area (Å²) in [5.41, 5.74) is 0. The molecule has 1 aliphatic heterocycles. The van der Waals surface area contributed by atoms with Crippen LogP contribution in [-0.2, 0) is 10.8 Å². The average Bonchev–Trinajstić information content (AvgIpc) is 2.84. The zero-order valence-corrected chi connectivity index (χ0v) is 13.0. The lowest BCUT2D eigenvalue weighted by atomic mass is 10.1. The van der Waals surface area contributed by atoms with Crippen LogP contribution in [0, 0.1) is 0 Å². The number of likely N-dealkylation sites (tertiary alicyclic amines) is 1. The molecule has 0 aliphatic carbocycles. The second kappa shape index (κ2) is 11.0. The van der Waals surface area contributed by atoms with Crippen LogP contribution in [0.2, 0.25) is 0 Å². The summed E-state index contributed by atoms with van der Waals surface area (Å²) in [6, 6.07) is 0. The second-order valence-electron chi connectivity index (χ2n) is 5.65. The van der Waals surface area contributed by atoms with Gasteiger partial charge in [0.15, 0.2) is 0 Å². The van der Waals surface area contributed by atoms with E-state index in [2.05, 4.69) is 4.90 Å². The van der Waals surface area contributed by atoms with Crippen molar-refractivity contribution in [3.63, 3.8) is 0 Å². The van der Waals surface area contributed by atoms with E-state index in [4.69, 9.17) is 0 Å². The zero-order valence-electron chi connectivity index (χ0n) is 12.2. The van der Waals surface area contributed by atoms with Gasteiger partial charge in [-0.2, -0.15) is 0 Å². The van der Waals surface area contributed by atoms with E-state index in [0.29, 0.717) is 0 Å². The van der Waals surface area contributed by atoms with E-state index in [-0.39, 0.29) is 0 Å². The van der Waals surface area contributed by atoms with Crippen molar-refractivity contribution in [2.45, 2.75) is 64.2 Å². The fraction of sp³-hybridized carbons (Fsp3) is 1.00. The highest BCUT2D eigenvalue weighted by Crippen LogP contribution is 2.11. The molecule has 1 fully saturated rings. The molecule has 0 bridgehead atoms. The van der Waals surface area contributed by atoms with Gasteiger partial charge in [-0.25, -0.2) is 0 Å². The van der Waals surface area contributed by atoms with Crippen LogP contribution in [-0.4, -0.2) is 40.8 Å². The van der Waals surface area contributed by atoms with E-state index in [0.717, 1.165) is 12.2 Å². The SMILES string of the molecule is CS(=O)CCCCCCCCCCN1CCCC1. The summed E-state index contributed by atoms with van der Waals surface area (Å²) < 4.78 is 10.9. The van der Waals surface area contributed by atoms with Crippen molar-refractivity contribution in [1.29, 1.82) is 0 Å². The first-order valence-electron chi connectivity index (χ1n) is 7.81. The molecule has 1 atom stereocenters. The largest absolute Gasteiger partial charge is 0.303 e. The number of rotatable bonds is 11. The third-order valence-electron chi connectivity index (χ3n) is 3.85. The molecule has 18 heavy (non-hydrogen) atoms. The fourth-order valence-corrected chi connectivity index (χ4v) is 3.32. The van der Waals surface area contributed by atoms with Gasteiger partial charge in [-0.05, 0) is 45.3 Å². The van der Waals surface area contributed by atoms with Crippen LogP contribution >= 0.6 is 0 Å². The molecule has 0 saturated carbocycles. The minimum atomic E-state index is -0.583. The third kappa shape index (κ3) is 9.09. The molecule has 0 spiro atoms. The third-order valence-corrected chi connectivity index (χ3v) is 4.72. The van der Waals surface area contributed by atoms with E-state index < -0.39 is 10.8 Å². The Balaban J connectivity index is 1.72. The maximum atomic E-state index is 10.9. The monoisotopic (exact) mass is 273 g/mol. The van der Waals surface area contributed by atoms with Crippen molar-refractivity contribution in [3.05, 3.63) is 0 Å². The molecule has 0 N–H and O–H groups in total. The highest BCUT2D eigenvalue weighted by atomic mass is 32.2. The van der Waals surface area contributed by atoms with Gasteiger partial charge in [0.05, 0.1) is 0 Å². The Hall–Kier alpha value is 0.110. The van der Waals surface area contributed by atoms with Crippen LogP contribution in [0.4, 0.5) is 0 Å². The predicted octanol–water partition coefficient (Wildman–Crippen LogP) is 3.58. The van der Waals surface area contributed by atoms with Crippen LogP contribution in [0.1, 0.15) is 64.2 Å². The molecule has 0 radical (unpaired) electrons. The van der Waals surface area contributed by atoms with Gasteiger partial charge in [0.25, 0.3) is 0 Å². The summed E-state index contributed by atoms with van der Waals surface area (Å²) in [5.74, 6) is 0.899. The van der Waals surface area contributed by atoms with Crippen LogP contribution in [0.5, 0.6) is 0 Å². The van der Waals surface area contributed by atoms with E-state index in [9.17, 15) is 4.21 Å². The van der Waals surface area contributed by atoms with Crippen LogP contribution in [0.3, 0.4) is 0 Å². The van der Waals surface area contributed by atoms with Gasteiger partial charge in [-0.3, -0.25) is 4.21 Å². The van der Waals surface area contributed by atoms with Crippen LogP contribution < -0.4 is 0 Å². The Bertz CT molecular complexity index is 215. The van der Waals surface area contributed by atoms with E-state index in [1.807, 2.05) is 0 Å². The van der Waals surface area contributed by atoms with E-state index >= 15 is 0 Å². The van der Waals surface area contributed by atoms with Gasteiger partial charge in [0.2, 0.25) is 0 Å². The van der Waals surface area contributed by atoms with Crippen LogP contribution in [0.25, 0.3) is 0 Å². The van der Waals surface area contributed by atoms with Crippen LogP contribution in [0.15, 0.2) is 0 Å². The van der Waals surface area contributed by atoms with Crippen molar-refractivity contribution in [2.75, 3.05) is 31.6 Å². The predicted molar refractivity (Wildman–Crippen MR) is 81.5 cm³/mol. The Labute approximate surface area is 116 Å². The molecule has 1 unspecified atom stereocenters. The molecule has 0 amide bonds. The molecule has 108 valence electrons. The minimum Gasteiger partial charge on any atom is -0.303 e. The first-order chi connectivity index (χ1) is 8.79. The normalized spacial score (nSPS) is 18.3. The lowest BCUT2D eigenvalue weighted by Crippen LogP contribution is -2.20. The fourth-order valence-electron chi connectivity index (χ4n) is 2.71. The molecule has 0 aromatic carbocycles. The number of hydrogen-bond donors (Lipinski definition) is 0. The maximum absolute atomic E-state index is 10.9. The number of nitrogens with zero attached hydrogens (tertiary/aromatic N) is 1. The van der Waals surface area contributed by atoms with E-state index in [1.54, 1.807) is 6.26 Å². The van der Waals surface area contributed by atoms with Gasteiger partial charge >= 0.3 is 0 Å². The maximum Gasteiger partial charge on any atom is 0.0232 e. The van der Waals surface area contributed by atoms with Gasteiger partial charge in [-0.15, -0.1) is 0 Å². The second-order valence-corrected chi connectivity index (χ2v) is 7.21. The van der Waals surface area contributed by atoms with Crippen molar-refractivity contribution in [3.8, 4) is 0 Å². The number of unbranched alkanes of at least 4 members (excludes halogenated alkanes) is 7. The topological polar surface area (TPSA) is 20.3 Å². The zero-order chi connectivity index (χ0) is 13.1. The smallest absolute Gasteiger partial charge is 0.0232 e. The molecule has 3 heteroatoms. The van der Waals surface area contributed by atoms with Crippen molar-refractivity contribution in [1.82, 2.24) is 4.90 Å². The quantitative estimate of drug-likeness (QED) is 0.536. The summed E-state index contributed by atoms with van der Waals surface area (Å²) in [4.78, 5) is 2.62.